The first-order valence-electron chi connectivity index (χ1n) is 9.38. The molecule has 0 fully saturated rings. The van der Waals surface area contributed by atoms with E-state index in [4.69, 9.17) is 0 Å². The molecule has 2 unspecified atom stereocenters. The molecule has 0 amide bonds. The van der Waals surface area contributed by atoms with E-state index in [1.54, 1.807) is 0 Å². The van der Waals surface area contributed by atoms with E-state index in [1.807, 2.05) is 0 Å². The number of carbonyl (C=O) groups is 1. The van der Waals surface area contributed by atoms with Crippen LogP contribution in [0.3, 0.4) is 0 Å². The first-order valence-corrected chi connectivity index (χ1v) is 9.79. The van der Waals surface area contributed by atoms with Gasteiger partial charge in [0.2, 0.25) is 0 Å². The number of hydrogen-bond acceptors (Lipinski definition) is 3. The smallest absolute Gasteiger partial charge is 0.306 e. The molecule has 0 aliphatic heterocycles. The SMILES string of the molecule is CCCCCCCCCCCC(C)CC(CCN=C=S)C(=O)O. The Kier molecular flexibility index (Phi) is 15.6. The molecule has 1 N–H and O–H groups in total. The second-order valence-electron chi connectivity index (χ2n) is 6.75. The van der Waals surface area contributed by atoms with Crippen LogP contribution >= 0.6 is 12.2 Å². The summed E-state index contributed by atoms with van der Waals surface area (Å²) in [6.45, 7) is 4.90. The van der Waals surface area contributed by atoms with E-state index in [0.29, 0.717) is 18.9 Å². The highest BCUT2D eigenvalue weighted by atomic mass is 32.1. The Bertz CT molecular complexity index is 340. The molecule has 0 saturated heterocycles. The number of rotatable bonds is 16. The standard InChI is InChI=1S/C19H35NO2S/c1-3-4-5-6-7-8-9-10-11-12-17(2)15-18(19(21)22)13-14-20-16-23/h17-18H,3-15H2,1-2H3,(H,21,22). The van der Waals surface area contributed by atoms with Gasteiger partial charge in [0.25, 0.3) is 0 Å². The van der Waals surface area contributed by atoms with Gasteiger partial charge in [-0.25, -0.2) is 4.99 Å². The average Bonchev–Trinajstić information content (AvgIpc) is 2.52. The number of nitrogens with zero attached hydrogens (tertiary/aromatic N) is 1. The maximum atomic E-state index is 11.3. The number of carboxylic acid groups (broad SMARTS) is 1. The molecule has 0 aromatic carbocycles. The van der Waals surface area contributed by atoms with E-state index in [1.165, 1.54) is 57.8 Å². The van der Waals surface area contributed by atoms with Crippen molar-refractivity contribution in [3.05, 3.63) is 0 Å². The molecule has 0 aliphatic rings. The second-order valence-corrected chi connectivity index (χ2v) is 6.94. The Labute approximate surface area is 148 Å². The van der Waals surface area contributed by atoms with Crippen molar-refractivity contribution in [1.82, 2.24) is 0 Å². The Balaban J connectivity index is 3.65. The van der Waals surface area contributed by atoms with E-state index >= 15 is 0 Å². The zero-order valence-corrected chi connectivity index (χ0v) is 15.9. The highest BCUT2D eigenvalue weighted by Crippen LogP contribution is 2.21. The van der Waals surface area contributed by atoms with Crippen molar-refractivity contribution in [2.75, 3.05) is 6.54 Å². The van der Waals surface area contributed by atoms with Crippen LogP contribution in [0.2, 0.25) is 0 Å². The predicted octanol–water partition coefficient (Wildman–Crippen LogP) is 6.13. The van der Waals surface area contributed by atoms with Crippen LogP contribution in [-0.4, -0.2) is 22.8 Å². The van der Waals surface area contributed by atoms with Gasteiger partial charge >= 0.3 is 5.97 Å². The minimum absolute atomic E-state index is 0.296. The molecule has 0 radical (unpaired) electrons. The monoisotopic (exact) mass is 341 g/mol. The zero-order valence-electron chi connectivity index (χ0n) is 15.1. The molecule has 2 atom stereocenters. The number of carboxylic acids is 1. The van der Waals surface area contributed by atoms with Gasteiger partial charge in [0.05, 0.1) is 17.6 Å². The molecular weight excluding hydrogens is 306 g/mol. The largest absolute Gasteiger partial charge is 0.481 e. The highest BCUT2D eigenvalue weighted by molar-refractivity contribution is 7.78. The summed E-state index contributed by atoms with van der Waals surface area (Å²) in [5.74, 6) is -0.531. The van der Waals surface area contributed by atoms with Gasteiger partial charge in [0.15, 0.2) is 0 Å². The number of unbranched alkanes of at least 4 members (excludes halogenated alkanes) is 8. The molecule has 0 heterocycles. The zero-order chi connectivity index (χ0) is 17.3. The van der Waals surface area contributed by atoms with E-state index in [2.05, 4.69) is 36.2 Å². The molecule has 0 aromatic heterocycles. The summed E-state index contributed by atoms with van der Waals surface area (Å²) >= 11 is 4.51. The summed E-state index contributed by atoms with van der Waals surface area (Å²) in [5, 5.41) is 11.6. The number of isothiocyanates is 1. The number of aliphatic imine (C=N–C) groups is 1. The van der Waals surface area contributed by atoms with Crippen LogP contribution in [0, 0.1) is 11.8 Å². The average molecular weight is 342 g/mol. The van der Waals surface area contributed by atoms with Gasteiger partial charge in [-0.15, -0.1) is 0 Å². The van der Waals surface area contributed by atoms with Gasteiger partial charge in [-0.1, -0.05) is 78.1 Å². The summed E-state index contributed by atoms with van der Waals surface area (Å²) in [6.07, 6.45) is 14.5. The molecule has 23 heavy (non-hydrogen) atoms. The van der Waals surface area contributed by atoms with Gasteiger partial charge in [0.1, 0.15) is 0 Å². The van der Waals surface area contributed by atoms with Crippen LogP contribution < -0.4 is 0 Å². The number of thiocarbonyl (C=S) groups is 1. The van der Waals surface area contributed by atoms with Crippen molar-refractivity contribution in [2.24, 2.45) is 16.8 Å². The third kappa shape index (κ3) is 14.6. The van der Waals surface area contributed by atoms with Crippen molar-refractivity contribution in [3.63, 3.8) is 0 Å². The van der Waals surface area contributed by atoms with Gasteiger partial charge < -0.3 is 5.11 Å². The Morgan fingerprint density at radius 2 is 1.61 bits per heavy atom. The molecule has 0 saturated carbocycles. The quantitative estimate of drug-likeness (QED) is 0.209. The lowest BCUT2D eigenvalue weighted by atomic mass is 9.89. The summed E-state index contributed by atoms with van der Waals surface area (Å²) in [4.78, 5) is 15.1. The lowest BCUT2D eigenvalue weighted by molar-refractivity contribution is -0.142. The fraction of sp³-hybridized carbons (Fsp3) is 0.895. The summed E-state index contributed by atoms with van der Waals surface area (Å²) in [7, 11) is 0. The van der Waals surface area contributed by atoms with Crippen LogP contribution in [0.5, 0.6) is 0 Å². The maximum absolute atomic E-state index is 11.3. The van der Waals surface area contributed by atoms with Crippen LogP contribution in [-0.2, 0) is 4.79 Å². The molecule has 0 rings (SSSR count). The second kappa shape index (κ2) is 16.1. The molecule has 0 aliphatic carbocycles. The van der Waals surface area contributed by atoms with Crippen molar-refractivity contribution in [1.29, 1.82) is 0 Å². The minimum atomic E-state index is -0.705. The fourth-order valence-corrected chi connectivity index (χ4v) is 3.11. The Morgan fingerprint density at radius 3 is 2.13 bits per heavy atom. The predicted molar refractivity (Wildman–Crippen MR) is 101 cm³/mol. The number of aliphatic carboxylic acids is 1. The van der Waals surface area contributed by atoms with Gasteiger partial charge in [-0.05, 0) is 31.0 Å². The summed E-state index contributed by atoms with van der Waals surface area (Å²) in [5.41, 5.74) is 0. The minimum Gasteiger partial charge on any atom is -0.481 e. The third-order valence-electron chi connectivity index (χ3n) is 4.49. The molecular formula is C19H35NO2S. The van der Waals surface area contributed by atoms with Crippen LogP contribution in [0.1, 0.15) is 90.9 Å². The van der Waals surface area contributed by atoms with Crippen LogP contribution in [0.4, 0.5) is 0 Å². The molecule has 4 heteroatoms. The van der Waals surface area contributed by atoms with Crippen molar-refractivity contribution in [2.45, 2.75) is 90.9 Å². The van der Waals surface area contributed by atoms with Gasteiger partial charge in [0, 0.05) is 0 Å². The van der Waals surface area contributed by atoms with Crippen molar-refractivity contribution in [3.8, 4) is 0 Å². The Hall–Kier alpha value is -0.730. The summed E-state index contributed by atoms with van der Waals surface area (Å²) in [6, 6.07) is 0. The van der Waals surface area contributed by atoms with Crippen LogP contribution in [0.15, 0.2) is 4.99 Å². The maximum Gasteiger partial charge on any atom is 0.306 e. The lowest BCUT2D eigenvalue weighted by Crippen LogP contribution is -2.18. The van der Waals surface area contributed by atoms with Crippen molar-refractivity contribution >= 4 is 23.3 Å². The van der Waals surface area contributed by atoms with E-state index in [0.717, 1.165) is 12.8 Å². The van der Waals surface area contributed by atoms with Gasteiger partial charge in [-0.3, -0.25) is 4.79 Å². The topological polar surface area (TPSA) is 49.7 Å². The first kappa shape index (κ1) is 22.3. The molecule has 134 valence electrons. The lowest BCUT2D eigenvalue weighted by Gasteiger charge is -2.16. The van der Waals surface area contributed by atoms with E-state index < -0.39 is 5.97 Å². The number of hydrogen-bond donors (Lipinski definition) is 1. The normalized spacial score (nSPS) is 13.3. The molecule has 0 spiro atoms. The third-order valence-corrected chi connectivity index (χ3v) is 4.62. The fourth-order valence-electron chi connectivity index (χ4n) is 3.02. The van der Waals surface area contributed by atoms with Crippen LogP contribution in [0.25, 0.3) is 0 Å². The van der Waals surface area contributed by atoms with Gasteiger partial charge in [-0.2, -0.15) is 0 Å². The highest BCUT2D eigenvalue weighted by Gasteiger charge is 2.19. The molecule has 0 bridgehead atoms. The van der Waals surface area contributed by atoms with E-state index in [-0.39, 0.29) is 5.92 Å². The first-order chi connectivity index (χ1) is 11.1. The van der Waals surface area contributed by atoms with E-state index in [9.17, 15) is 9.90 Å². The molecule has 0 aromatic rings. The van der Waals surface area contributed by atoms with Crippen molar-refractivity contribution < 1.29 is 9.90 Å². The Morgan fingerprint density at radius 1 is 1.04 bits per heavy atom. The summed E-state index contributed by atoms with van der Waals surface area (Å²) < 4.78 is 0. The molecule has 3 nitrogen and oxygen atoms in total.